The number of aromatic nitrogens is 6. The van der Waals surface area contributed by atoms with E-state index in [9.17, 15) is 4.79 Å². The molecule has 23 heavy (non-hydrogen) atoms. The lowest BCUT2D eigenvalue weighted by Crippen LogP contribution is -2.09. The van der Waals surface area contributed by atoms with Gasteiger partial charge < -0.3 is 5.32 Å². The van der Waals surface area contributed by atoms with Crippen molar-refractivity contribution in [2.75, 3.05) is 5.32 Å². The lowest BCUT2D eigenvalue weighted by molar-refractivity contribution is -0.115. The quantitative estimate of drug-likeness (QED) is 0.782. The van der Waals surface area contributed by atoms with Gasteiger partial charge in [0.1, 0.15) is 0 Å². The number of hydrogen-bond donors (Lipinski definition) is 1. The Morgan fingerprint density at radius 2 is 1.52 bits per heavy atom. The summed E-state index contributed by atoms with van der Waals surface area (Å²) in [4.78, 5) is 19.4. The third kappa shape index (κ3) is 3.49. The van der Waals surface area contributed by atoms with Gasteiger partial charge in [-0.3, -0.25) is 4.79 Å². The topological polar surface area (TPSA) is 106 Å². The first-order valence-electron chi connectivity index (χ1n) is 7.01. The van der Waals surface area contributed by atoms with E-state index in [0.717, 1.165) is 11.3 Å². The second-order valence-electron chi connectivity index (χ2n) is 4.60. The highest BCUT2D eigenvalue weighted by Crippen LogP contribution is 2.17. The molecular weight excluding hydrogens is 294 g/mol. The average Bonchev–Trinajstić information content (AvgIpc) is 2.63. The summed E-state index contributed by atoms with van der Waals surface area (Å²) in [7, 11) is 0. The molecule has 0 saturated heterocycles. The van der Waals surface area contributed by atoms with E-state index in [-0.39, 0.29) is 11.7 Å². The SMILES string of the molecule is CCC(=O)Nc1ccc(-c2nnc(-c3ncccn3)nn2)cc1. The smallest absolute Gasteiger partial charge is 0.240 e. The van der Waals surface area contributed by atoms with Gasteiger partial charge in [0.15, 0.2) is 0 Å². The lowest BCUT2D eigenvalue weighted by Gasteiger charge is -2.04. The number of carbonyl (C=O) groups is 1. The molecule has 1 aromatic carbocycles. The molecule has 0 aliphatic rings. The van der Waals surface area contributed by atoms with Gasteiger partial charge in [0.2, 0.25) is 23.4 Å². The monoisotopic (exact) mass is 307 g/mol. The highest BCUT2D eigenvalue weighted by Gasteiger charge is 2.08. The Hall–Kier alpha value is -3.29. The minimum absolute atomic E-state index is 0.0375. The van der Waals surface area contributed by atoms with Crippen LogP contribution in [0.15, 0.2) is 42.7 Å². The van der Waals surface area contributed by atoms with Gasteiger partial charge in [0.25, 0.3) is 0 Å². The second-order valence-corrected chi connectivity index (χ2v) is 4.60. The minimum Gasteiger partial charge on any atom is -0.326 e. The fourth-order valence-corrected chi connectivity index (χ4v) is 1.80. The highest BCUT2D eigenvalue weighted by molar-refractivity contribution is 5.90. The zero-order valence-electron chi connectivity index (χ0n) is 12.3. The van der Waals surface area contributed by atoms with E-state index >= 15 is 0 Å². The Bertz CT molecular complexity index is 788. The Balaban J connectivity index is 1.78. The van der Waals surface area contributed by atoms with Crippen molar-refractivity contribution in [3.63, 3.8) is 0 Å². The first kappa shape index (κ1) is 14.6. The summed E-state index contributed by atoms with van der Waals surface area (Å²) in [6, 6.07) is 8.85. The second kappa shape index (κ2) is 6.65. The number of hydrogen-bond acceptors (Lipinski definition) is 7. The van der Waals surface area contributed by atoms with Gasteiger partial charge in [-0.25, -0.2) is 9.97 Å². The molecule has 114 valence electrons. The van der Waals surface area contributed by atoms with Gasteiger partial charge in [0.05, 0.1) is 0 Å². The van der Waals surface area contributed by atoms with Crippen LogP contribution in [0.3, 0.4) is 0 Å². The zero-order chi connectivity index (χ0) is 16.1. The van der Waals surface area contributed by atoms with Crippen molar-refractivity contribution in [3.8, 4) is 23.0 Å². The molecular formula is C15H13N7O. The molecule has 0 atom stereocenters. The first-order chi connectivity index (χ1) is 11.3. The third-order valence-corrected chi connectivity index (χ3v) is 2.99. The van der Waals surface area contributed by atoms with Gasteiger partial charge in [-0.15, -0.1) is 20.4 Å². The maximum atomic E-state index is 11.3. The van der Waals surface area contributed by atoms with Gasteiger partial charge in [-0.1, -0.05) is 6.92 Å². The van der Waals surface area contributed by atoms with E-state index in [2.05, 4.69) is 35.7 Å². The molecule has 3 rings (SSSR count). The Morgan fingerprint density at radius 1 is 0.913 bits per heavy atom. The van der Waals surface area contributed by atoms with Crippen LogP contribution in [0, 0.1) is 0 Å². The van der Waals surface area contributed by atoms with Crippen molar-refractivity contribution in [1.82, 2.24) is 30.4 Å². The summed E-state index contributed by atoms with van der Waals surface area (Å²) in [6.45, 7) is 1.80. The summed E-state index contributed by atoms with van der Waals surface area (Å²) in [6.07, 6.45) is 3.63. The molecule has 8 heteroatoms. The van der Waals surface area contributed by atoms with Crippen molar-refractivity contribution in [3.05, 3.63) is 42.7 Å². The molecule has 0 unspecified atom stereocenters. The van der Waals surface area contributed by atoms with Gasteiger partial charge >= 0.3 is 0 Å². The highest BCUT2D eigenvalue weighted by atomic mass is 16.1. The number of anilines is 1. The Kier molecular flexibility index (Phi) is 4.23. The molecule has 1 N–H and O–H groups in total. The van der Waals surface area contributed by atoms with E-state index in [0.29, 0.717) is 18.1 Å². The van der Waals surface area contributed by atoms with Crippen LogP contribution >= 0.6 is 0 Å². The Labute approximate surface area is 132 Å². The molecule has 8 nitrogen and oxygen atoms in total. The van der Waals surface area contributed by atoms with Crippen LogP contribution in [0.1, 0.15) is 13.3 Å². The predicted molar refractivity (Wildman–Crippen MR) is 83.0 cm³/mol. The maximum Gasteiger partial charge on any atom is 0.240 e. The minimum atomic E-state index is -0.0375. The normalized spacial score (nSPS) is 10.3. The largest absolute Gasteiger partial charge is 0.326 e. The average molecular weight is 307 g/mol. The van der Waals surface area contributed by atoms with Crippen LogP contribution in [0.4, 0.5) is 5.69 Å². The molecule has 2 heterocycles. The van der Waals surface area contributed by atoms with Gasteiger partial charge in [0, 0.05) is 30.1 Å². The van der Waals surface area contributed by atoms with Crippen LogP contribution in [-0.2, 0) is 4.79 Å². The number of rotatable bonds is 4. The van der Waals surface area contributed by atoms with Crippen molar-refractivity contribution < 1.29 is 4.79 Å². The summed E-state index contributed by atoms with van der Waals surface area (Å²) < 4.78 is 0. The van der Waals surface area contributed by atoms with Crippen molar-refractivity contribution >= 4 is 11.6 Å². The molecule has 0 fully saturated rings. The first-order valence-corrected chi connectivity index (χ1v) is 7.01. The predicted octanol–water partition coefficient (Wildman–Crippen LogP) is 1.74. The van der Waals surface area contributed by atoms with Crippen LogP contribution in [0.2, 0.25) is 0 Å². The van der Waals surface area contributed by atoms with E-state index < -0.39 is 0 Å². The summed E-state index contributed by atoms with van der Waals surface area (Å²) in [5.41, 5.74) is 1.47. The third-order valence-electron chi connectivity index (χ3n) is 2.99. The molecule has 1 amide bonds. The number of amides is 1. The van der Waals surface area contributed by atoms with E-state index in [1.807, 2.05) is 0 Å². The fraction of sp³-hybridized carbons (Fsp3) is 0.133. The zero-order valence-corrected chi connectivity index (χ0v) is 12.3. The van der Waals surface area contributed by atoms with Crippen LogP contribution < -0.4 is 5.32 Å². The standard InChI is InChI=1S/C15H13N7O/c1-2-12(23)18-11-6-4-10(5-7-11)13-19-21-15(22-20-13)14-16-8-3-9-17-14/h3-9H,2H2,1H3,(H,18,23). The molecule has 0 saturated carbocycles. The fourth-order valence-electron chi connectivity index (χ4n) is 1.80. The van der Waals surface area contributed by atoms with E-state index in [1.165, 1.54) is 0 Å². The maximum absolute atomic E-state index is 11.3. The number of benzene rings is 1. The van der Waals surface area contributed by atoms with E-state index in [4.69, 9.17) is 0 Å². The van der Waals surface area contributed by atoms with Gasteiger partial charge in [-0.2, -0.15) is 0 Å². The Morgan fingerprint density at radius 3 is 2.13 bits per heavy atom. The molecule has 0 aliphatic heterocycles. The van der Waals surface area contributed by atoms with Crippen molar-refractivity contribution in [2.24, 2.45) is 0 Å². The van der Waals surface area contributed by atoms with Crippen LogP contribution in [-0.4, -0.2) is 36.3 Å². The number of nitrogens with zero attached hydrogens (tertiary/aromatic N) is 6. The van der Waals surface area contributed by atoms with Crippen LogP contribution in [0.5, 0.6) is 0 Å². The molecule has 0 bridgehead atoms. The molecule has 2 aromatic heterocycles. The molecule has 3 aromatic rings. The summed E-state index contributed by atoms with van der Waals surface area (Å²) >= 11 is 0. The van der Waals surface area contributed by atoms with E-state index in [1.54, 1.807) is 49.6 Å². The molecule has 0 aliphatic carbocycles. The lowest BCUT2D eigenvalue weighted by atomic mass is 10.2. The van der Waals surface area contributed by atoms with Crippen molar-refractivity contribution in [2.45, 2.75) is 13.3 Å². The number of nitrogens with one attached hydrogen (secondary N) is 1. The van der Waals surface area contributed by atoms with Gasteiger partial charge in [-0.05, 0) is 30.3 Å². The summed E-state index contributed by atoms with van der Waals surface area (Å²) in [5, 5.41) is 18.8. The van der Waals surface area contributed by atoms with Crippen LogP contribution in [0.25, 0.3) is 23.0 Å². The molecule has 0 radical (unpaired) electrons. The van der Waals surface area contributed by atoms with Crippen molar-refractivity contribution in [1.29, 1.82) is 0 Å². The number of carbonyl (C=O) groups excluding carboxylic acids is 1. The summed E-state index contributed by atoms with van der Waals surface area (Å²) in [5.74, 6) is 0.987. The molecule has 0 spiro atoms.